The van der Waals surface area contributed by atoms with Gasteiger partial charge in [-0.15, -0.1) is 0 Å². The Labute approximate surface area is 127 Å². The van der Waals surface area contributed by atoms with Crippen LogP contribution in [0.2, 0.25) is 5.02 Å². The van der Waals surface area contributed by atoms with Gasteiger partial charge < -0.3 is 10.4 Å². The van der Waals surface area contributed by atoms with Crippen LogP contribution < -0.4 is 5.32 Å². The molecule has 0 radical (unpaired) electrons. The molecule has 0 aliphatic carbocycles. The van der Waals surface area contributed by atoms with Crippen molar-refractivity contribution in [3.05, 3.63) is 57.3 Å². The van der Waals surface area contributed by atoms with Crippen LogP contribution in [0.15, 0.2) is 40.9 Å². The fourth-order valence-electron chi connectivity index (χ4n) is 1.46. The van der Waals surface area contributed by atoms with Crippen molar-refractivity contribution in [3.63, 3.8) is 0 Å². The van der Waals surface area contributed by atoms with Gasteiger partial charge in [0.1, 0.15) is 11.4 Å². The summed E-state index contributed by atoms with van der Waals surface area (Å²) in [6, 6.07) is 9.11. The van der Waals surface area contributed by atoms with Crippen LogP contribution in [-0.2, 0) is 0 Å². The number of pyridine rings is 1. The van der Waals surface area contributed by atoms with Gasteiger partial charge in [-0.2, -0.15) is 0 Å². The Kier molecular flexibility index (Phi) is 4.36. The van der Waals surface area contributed by atoms with E-state index in [1.165, 1.54) is 18.2 Å². The highest BCUT2D eigenvalue weighted by atomic mass is 79.9. The summed E-state index contributed by atoms with van der Waals surface area (Å²) in [4.78, 5) is 26.6. The Balaban J connectivity index is 2.24. The molecular formula is C13H8BrClN2O3. The Morgan fingerprint density at radius 1 is 1.20 bits per heavy atom. The molecule has 0 unspecified atom stereocenters. The second kappa shape index (κ2) is 6.02. The van der Waals surface area contributed by atoms with Crippen molar-refractivity contribution < 1.29 is 14.7 Å². The van der Waals surface area contributed by atoms with Crippen LogP contribution in [0.5, 0.6) is 0 Å². The Hall–Kier alpha value is -1.92. The van der Waals surface area contributed by atoms with Gasteiger partial charge in [-0.3, -0.25) is 4.79 Å². The molecule has 102 valence electrons. The molecule has 0 atom stereocenters. The van der Waals surface area contributed by atoms with Crippen molar-refractivity contribution in [2.45, 2.75) is 0 Å². The lowest BCUT2D eigenvalue weighted by Gasteiger charge is -2.07. The van der Waals surface area contributed by atoms with Gasteiger partial charge in [0.15, 0.2) is 0 Å². The van der Waals surface area contributed by atoms with E-state index in [2.05, 4.69) is 26.2 Å². The number of nitrogens with one attached hydrogen (secondary N) is 1. The molecule has 0 fully saturated rings. The van der Waals surface area contributed by atoms with E-state index in [1.807, 2.05) is 0 Å². The smallest absolute Gasteiger partial charge is 0.354 e. The lowest BCUT2D eigenvalue weighted by Crippen LogP contribution is -2.15. The third-order valence-corrected chi connectivity index (χ3v) is 3.27. The van der Waals surface area contributed by atoms with Crippen LogP contribution in [0, 0.1) is 0 Å². The number of carboxylic acids is 1. The van der Waals surface area contributed by atoms with Crippen molar-refractivity contribution >= 4 is 45.1 Å². The molecule has 5 nitrogen and oxygen atoms in total. The lowest BCUT2D eigenvalue weighted by molar-refractivity contribution is 0.0690. The van der Waals surface area contributed by atoms with E-state index in [0.717, 1.165) is 0 Å². The number of benzene rings is 1. The highest BCUT2D eigenvalue weighted by molar-refractivity contribution is 9.10. The first kappa shape index (κ1) is 14.5. The van der Waals surface area contributed by atoms with E-state index in [-0.39, 0.29) is 11.4 Å². The minimum atomic E-state index is -1.19. The monoisotopic (exact) mass is 354 g/mol. The topological polar surface area (TPSA) is 79.3 Å². The molecule has 0 aliphatic rings. The number of nitrogens with zero attached hydrogens (tertiary/aromatic N) is 1. The molecule has 1 heterocycles. The number of aromatic nitrogens is 1. The third kappa shape index (κ3) is 3.34. The molecular weight excluding hydrogens is 348 g/mol. The van der Waals surface area contributed by atoms with Gasteiger partial charge in [-0.25, -0.2) is 9.78 Å². The first-order valence-corrected chi connectivity index (χ1v) is 6.61. The number of carbonyl (C=O) groups is 2. The Bertz CT molecular complexity index is 691. The van der Waals surface area contributed by atoms with E-state index in [0.29, 0.717) is 15.2 Å². The zero-order valence-electron chi connectivity index (χ0n) is 9.93. The van der Waals surface area contributed by atoms with E-state index >= 15 is 0 Å². The number of aromatic carboxylic acids is 1. The number of carbonyl (C=O) groups excluding carboxylic acids is 1. The van der Waals surface area contributed by atoms with Gasteiger partial charge in [0.05, 0.1) is 5.69 Å². The first-order valence-electron chi connectivity index (χ1n) is 5.44. The van der Waals surface area contributed by atoms with Gasteiger partial charge in [-0.05, 0) is 46.3 Å². The molecule has 1 aromatic heterocycles. The molecule has 2 rings (SSSR count). The van der Waals surface area contributed by atoms with Crippen molar-refractivity contribution in [3.8, 4) is 0 Å². The highest BCUT2D eigenvalue weighted by Gasteiger charge is 2.12. The molecule has 20 heavy (non-hydrogen) atoms. The van der Waals surface area contributed by atoms with Crippen molar-refractivity contribution in [1.82, 2.24) is 4.98 Å². The standard InChI is InChI=1S/C13H8BrClN2O3/c14-8-6-7(15)4-5-9(8)17-12(18)10-2-1-3-11(16-10)13(19)20/h1-6H,(H,17,18)(H,19,20). The molecule has 7 heteroatoms. The second-order valence-electron chi connectivity index (χ2n) is 3.79. The third-order valence-electron chi connectivity index (χ3n) is 2.38. The number of amides is 1. The number of hydrogen-bond acceptors (Lipinski definition) is 3. The zero-order valence-corrected chi connectivity index (χ0v) is 12.3. The van der Waals surface area contributed by atoms with E-state index in [4.69, 9.17) is 16.7 Å². The number of anilines is 1. The fraction of sp³-hybridized carbons (Fsp3) is 0. The first-order chi connectivity index (χ1) is 9.47. The van der Waals surface area contributed by atoms with Crippen molar-refractivity contribution in [2.75, 3.05) is 5.32 Å². The maximum atomic E-state index is 12.0. The van der Waals surface area contributed by atoms with Crippen LogP contribution in [0.1, 0.15) is 21.0 Å². The molecule has 0 saturated carbocycles. The molecule has 0 bridgehead atoms. The summed E-state index contributed by atoms with van der Waals surface area (Å²) in [5, 5.41) is 12.0. The van der Waals surface area contributed by atoms with Crippen LogP contribution in [0.4, 0.5) is 5.69 Å². The van der Waals surface area contributed by atoms with Gasteiger partial charge in [0, 0.05) is 9.50 Å². The quantitative estimate of drug-likeness (QED) is 0.884. The Morgan fingerprint density at radius 3 is 2.55 bits per heavy atom. The second-order valence-corrected chi connectivity index (χ2v) is 5.08. The average Bonchev–Trinajstić information content (AvgIpc) is 2.42. The van der Waals surface area contributed by atoms with Crippen molar-refractivity contribution in [1.29, 1.82) is 0 Å². The normalized spacial score (nSPS) is 10.1. The van der Waals surface area contributed by atoms with E-state index in [1.54, 1.807) is 18.2 Å². The molecule has 0 saturated heterocycles. The number of hydrogen-bond donors (Lipinski definition) is 2. The molecule has 2 N–H and O–H groups in total. The van der Waals surface area contributed by atoms with Gasteiger partial charge in [0.2, 0.25) is 0 Å². The summed E-state index contributed by atoms with van der Waals surface area (Å²) in [5.41, 5.74) is 0.349. The van der Waals surface area contributed by atoms with Crippen LogP contribution in [0.3, 0.4) is 0 Å². The summed E-state index contributed by atoms with van der Waals surface area (Å²) in [5.74, 6) is -1.69. The highest BCUT2D eigenvalue weighted by Crippen LogP contribution is 2.26. The molecule has 2 aromatic rings. The largest absolute Gasteiger partial charge is 0.477 e. The number of carboxylic acid groups (broad SMARTS) is 1. The number of halogens is 2. The average molecular weight is 356 g/mol. The van der Waals surface area contributed by atoms with Crippen LogP contribution in [0.25, 0.3) is 0 Å². The molecule has 1 amide bonds. The predicted molar refractivity (Wildman–Crippen MR) is 78.3 cm³/mol. The maximum Gasteiger partial charge on any atom is 0.354 e. The zero-order chi connectivity index (χ0) is 14.7. The van der Waals surface area contributed by atoms with E-state index < -0.39 is 11.9 Å². The maximum absolute atomic E-state index is 12.0. The van der Waals surface area contributed by atoms with Crippen LogP contribution in [-0.4, -0.2) is 22.0 Å². The Morgan fingerprint density at radius 2 is 1.90 bits per heavy atom. The summed E-state index contributed by atoms with van der Waals surface area (Å²) < 4.78 is 0.618. The van der Waals surface area contributed by atoms with Gasteiger partial charge in [-0.1, -0.05) is 17.7 Å². The van der Waals surface area contributed by atoms with E-state index in [9.17, 15) is 9.59 Å². The lowest BCUT2D eigenvalue weighted by atomic mass is 10.2. The molecule has 0 spiro atoms. The summed E-state index contributed by atoms with van der Waals surface area (Å²) >= 11 is 9.08. The SMILES string of the molecule is O=C(O)c1cccc(C(=O)Nc2ccc(Cl)cc2Br)n1. The van der Waals surface area contributed by atoms with Crippen molar-refractivity contribution in [2.24, 2.45) is 0 Å². The predicted octanol–water partition coefficient (Wildman–Crippen LogP) is 3.45. The minimum absolute atomic E-state index is 0.0201. The fourth-order valence-corrected chi connectivity index (χ4v) is 2.24. The molecule has 1 aromatic carbocycles. The van der Waals surface area contributed by atoms with Crippen LogP contribution >= 0.6 is 27.5 Å². The molecule has 0 aliphatic heterocycles. The number of rotatable bonds is 3. The summed E-state index contributed by atoms with van der Waals surface area (Å²) in [6.07, 6.45) is 0. The van der Waals surface area contributed by atoms with Gasteiger partial charge in [0.25, 0.3) is 5.91 Å². The summed E-state index contributed by atoms with van der Waals surface area (Å²) in [7, 11) is 0. The summed E-state index contributed by atoms with van der Waals surface area (Å²) in [6.45, 7) is 0. The minimum Gasteiger partial charge on any atom is -0.477 e. The van der Waals surface area contributed by atoms with Gasteiger partial charge >= 0.3 is 5.97 Å².